The first kappa shape index (κ1) is 24.6. The second-order valence-corrected chi connectivity index (χ2v) is 9.37. The van der Waals surface area contributed by atoms with E-state index in [1.54, 1.807) is 7.11 Å². The van der Waals surface area contributed by atoms with E-state index in [0.29, 0.717) is 12.2 Å². The number of fused-ring (bicyclic) bond motifs is 2. The van der Waals surface area contributed by atoms with Crippen molar-refractivity contribution in [1.29, 1.82) is 0 Å². The van der Waals surface area contributed by atoms with Gasteiger partial charge in [-0.3, -0.25) is 9.29 Å². The van der Waals surface area contributed by atoms with Gasteiger partial charge >= 0.3 is 0 Å². The Kier molecular flexibility index (Phi) is 8.19. The first-order valence-corrected chi connectivity index (χ1v) is 12.3. The fourth-order valence-corrected chi connectivity index (χ4v) is 5.49. The van der Waals surface area contributed by atoms with E-state index in [1.807, 2.05) is 36.1 Å². The van der Waals surface area contributed by atoms with Crippen LogP contribution in [0.3, 0.4) is 0 Å². The summed E-state index contributed by atoms with van der Waals surface area (Å²) in [4.78, 5) is 1.95. The Balaban J connectivity index is 1.62. The molecule has 1 aliphatic heterocycles. The summed E-state index contributed by atoms with van der Waals surface area (Å²) in [6, 6.07) is 14.2. The Hall–Kier alpha value is -2.47. The second-order valence-electron chi connectivity index (χ2n) is 9.37. The molecule has 0 aromatic heterocycles. The zero-order valence-corrected chi connectivity index (χ0v) is 20.1. The molecule has 2 aromatic rings. The predicted octanol–water partition coefficient (Wildman–Crippen LogP) is 7.05. The van der Waals surface area contributed by atoms with Crippen LogP contribution in [0.2, 0.25) is 0 Å². The molecule has 0 radical (unpaired) electrons. The topological polar surface area (TPSA) is 24.5 Å². The quantitative estimate of drug-likeness (QED) is 0.355. The van der Waals surface area contributed by atoms with E-state index in [2.05, 4.69) is 23.5 Å². The van der Waals surface area contributed by atoms with Crippen LogP contribution in [0.5, 0.6) is 5.75 Å². The molecule has 0 bridgehead atoms. The van der Waals surface area contributed by atoms with E-state index in [1.165, 1.54) is 22.3 Å². The molecule has 1 heterocycles. The third kappa shape index (κ3) is 5.27. The van der Waals surface area contributed by atoms with Gasteiger partial charge in [0.05, 0.1) is 26.4 Å². The number of nitrogens with one attached hydrogen (secondary N) is 1. The average molecular weight is 473 g/mol. The van der Waals surface area contributed by atoms with E-state index in [4.69, 9.17) is 4.74 Å². The predicted molar refractivity (Wildman–Crippen MR) is 133 cm³/mol. The van der Waals surface area contributed by atoms with E-state index < -0.39 is 6.43 Å². The van der Waals surface area contributed by atoms with E-state index in [0.717, 1.165) is 49.9 Å². The number of methoxy groups -OCH3 is 1. The highest BCUT2D eigenvalue weighted by Gasteiger charge is 2.40. The van der Waals surface area contributed by atoms with Crippen molar-refractivity contribution in [3.63, 3.8) is 0 Å². The van der Waals surface area contributed by atoms with Gasteiger partial charge in [-0.15, -0.1) is 0 Å². The fourth-order valence-electron chi connectivity index (χ4n) is 5.49. The Morgan fingerprint density at radius 2 is 1.88 bits per heavy atom. The molecule has 0 saturated heterocycles. The van der Waals surface area contributed by atoms with Gasteiger partial charge in [0.2, 0.25) is 0 Å². The lowest BCUT2D eigenvalue weighted by Gasteiger charge is -2.42. The maximum atomic E-state index is 13.7. The van der Waals surface area contributed by atoms with Crippen LogP contribution in [0, 0.1) is 0 Å². The molecular formula is C28H35F3N2O. The van der Waals surface area contributed by atoms with Crippen LogP contribution >= 0.6 is 0 Å². The van der Waals surface area contributed by atoms with E-state index >= 15 is 0 Å². The molecule has 3 nitrogen and oxygen atoms in total. The van der Waals surface area contributed by atoms with Gasteiger partial charge in [-0.05, 0) is 60.9 Å². The zero-order valence-electron chi connectivity index (χ0n) is 20.1. The van der Waals surface area contributed by atoms with Gasteiger partial charge < -0.3 is 10.1 Å². The van der Waals surface area contributed by atoms with Crippen molar-refractivity contribution in [2.75, 3.05) is 32.2 Å². The summed E-state index contributed by atoms with van der Waals surface area (Å²) in [6.07, 6.45) is 2.65. The van der Waals surface area contributed by atoms with Crippen molar-refractivity contribution in [2.45, 2.75) is 64.0 Å². The number of benzene rings is 2. The summed E-state index contributed by atoms with van der Waals surface area (Å²) in [5.74, 6) is 0.712. The third-order valence-electron chi connectivity index (χ3n) is 7.10. The zero-order chi connectivity index (χ0) is 24.1. The summed E-state index contributed by atoms with van der Waals surface area (Å²) >= 11 is 0. The minimum atomic E-state index is -2.40. The normalized spacial score (nSPS) is 19.9. The molecule has 0 saturated carbocycles. The van der Waals surface area contributed by atoms with Gasteiger partial charge in [0.25, 0.3) is 6.43 Å². The van der Waals surface area contributed by atoms with Crippen LogP contribution < -0.4 is 10.1 Å². The lowest BCUT2D eigenvalue weighted by atomic mass is 9.84. The number of alkyl halides is 3. The average Bonchev–Trinajstić information content (AvgIpc) is 3.19. The SMILES string of the molecule is COc1cc(NCCCCCCF)ccc1[C@@H]1C2=C(C[C@@H](C)N1CC(F)F)c1ccccc1C2. The molecule has 2 atom stereocenters. The molecule has 0 fully saturated rings. The summed E-state index contributed by atoms with van der Waals surface area (Å²) in [5, 5.41) is 3.42. The maximum Gasteiger partial charge on any atom is 0.251 e. The minimum Gasteiger partial charge on any atom is -0.496 e. The number of anilines is 1. The molecular weight excluding hydrogens is 437 g/mol. The van der Waals surface area contributed by atoms with Crippen molar-refractivity contribution in [3.05, 3.63) is 64.7 Å². The largest absolute Gasteiger partial charge is 0.496 e. The van der Waals surface area contributed by atoms with E-state index in [-0.39, 0.29) is 25.3 Å². The summed E-state index contributed by atoms with van der Waals surface area (Å²) in [7, 11) is 1.64. The molecule has 0 spiro atoms. The third-order valence-corrected chi connectivity index (χ3v) is 7.10. The summed E-state index contributed by atoms with van der Waals surface area (Å²) in [6.45, 7) is 2.33. The van der Waals surface area contributed by atoms with Gasteiger partial charge in [-0.1, -0.05) is 43.2 Å². The van der Waals surface area contributed by atoms with Crippen LogP contribution in [-0.4, -0.2) is 44.2 Å². The molecule has 1 aliphatic carbocycles. The highest BCUT2D eigenvalue weighted by atomic mass is 19.3. The lowest BCUT2D eigenvalue weighted by molar-refractivity contribution is 0.0476. The van der Waals surface area contributed by atoms with Crippen molar-refractivity contribution < 1.29 is 17.9 Å². The number of hydrogen-bond acceptors (Lipinski definition) is 3. The molecule has 34 heavy (non-hydrogen) atoms. The first-order valence-electron chi connectivity index (χ1n) is 12.3. The number of unbranched alkanes of at least 4 members (excludes halogenated alkanes) is 3. The van der Waals surface area contributed by atoms with Gasteiger partial charge in [-0.2, -0.15) is 0 Å². The van der Waals surface area contributed by atoms with Gasteiger partial charge in [0.15, 0.2) is 0 Å². The highest BCUT2D eigenvalue weighted by molar-refractivity contribution is 5.79. The molecule has 2 aliphatic rings. The standard InChI is InChI=1S/C28H35F3N2O/c1-19-15-24-22-10-6-5-9-20(22)16-25(24)28(33(19)18-27(30)31)23-12-11-21(17-26(23)34-2)32-14-8-4-3-7-13-29/h5-6,9-12,17,19,27-28,32H,3-4,7-8,13-16,18H2,1-2H3/t19-,28-/m1/s1. The lowest BCUT2D eigenvalue weighted by Crippen LogP contribution is -2.43. The second kappa shape index (κ2) is 11.3. The van der Waals surface area contributed by atoms with Crippen LogP contribution in [0.4, 0.5) is 18.9 Å². The maximum absolute atomic E-state index is 13.7. The van der Waals surface area contributed by atoms with Crippen molar-refractivity contribution in [2.24, 2.45) is 0 Å². The van der Waals surface area contributed by atoms with Crippen LogP contribution in [0.1, 0.15) is 61.8 Å². The van der Waals surface area contributed by atoms with Crippen molar-refractivity contribution in [1.82, 2.24) is 4.90 Å². The minimum absolute atomic E-state index is 0.00395. The Morgan fingerprint density at radius 3 is 2.65 bits per heavy atom. The number of rotatable bonds is 11. The van der Waals surface area contributed by atoms with Crippen molar-refractivity contribution in [3.8, 4) is 5.75 Å². The van der Waals surface area contributed by atoms with Gasteiger partial charge in [-0.25, -0.2) is 8.78 Å². The fraction of sp³-hybridized carbons (Fsp3) is 0.500. The molecule has 0 amide bonds. The highest BCUT2D eigenvalue weighted by Crippen LogP contribution is 2.50. The molecule has 4 rings (SSSR count). The van der Waals surface area contributed by atoms with Crippen LogP contribution in [0.15, 0.2) is 48.0 Å². The smallest absolute Gasteiger partial charge is 0.251 e. The first-order chi connectivity index (χ1) is 16.5. The molecule has 0 unspecified atom stereocenters. The van der Waals surface area contributed by atoms with E-state index in [9.17, 15) is 13.2 Å². The number of nitrogens with zero attached hydrogens (tertiary/aromatic N) is 1. The summed E-state index contributed by atoms with van der Waals surface area (Å²) < 4.78 is 45.4. The van der Waals surface area contributed by atoms with Crippen LogP contribution in [-0.2, 0) is 6.42 Å². The van der Waals surface area contributed by atoms with Crippen molar-refractivity contribution >= 4 is 11.3 Å². The Bertz CT molecular complexity index is 1010. The van der Waals surface area contributed by atoms with Gasteiger partial charge in [0, 0.05) is 29.9 Å². The number of hydrogen-bond donors (Lipinski definition) is 1. The molecule has 6 heteroatoms. The molecule has 2 aromatic carbocycles. The van der Waals surface area contributed by atoms with Gasteiger partial charge in [0.1, 0.15) is 5.75 Å². The Labute approximate surface area is 201 Å². The number of halogens is 3. The van der Waals surface area contributed by atoms with Crippen LogP contribution in [0.25, 0.3) is 5.57 Å². The summed E-state index contributed by atoms with van der Waals surface area (Å²) in [5.41, 5.74) is 6.93. The number of ether oxygens (including phenoxy) is 1. The monoisotopic (exact) mass is 472 g/mol. The Morgan fingerprint density at radius 1 is 1.09 bits per heavy atom. The molecule has 1 N–H and O–H groups in total. The molecule has 184 valence electrons.